The lowest BCUT2D eigenvalue weighted by Crippen LogP contribution is -2.35. The number of nitrogens with one attached hydrogen (secondary N) is 1. The van der Waals surface area contributed by atoms with Gasteiger partial charge in [0.2, 0.25) is 5.95 Å². The molecule has 4 heterocycles. The Labute approximate surface area is 206 Å². The predicted molar refractivity (Wildman–Crippen MR) is 137 cm³/mol. The molecule has 0 spiro atoms. The maximum absolute atomic E-state index is 9.47. The fourth-order valence-electron chi connectivity index (χ4n) is 5.01. The van der Waals surface area contributed by atoms with Crippen molar-refractivity contribution in [2.24, 2.45) is 0 Å². The summed E-state index contributed by atoms with van der Waals surface area (Å²) in [4.78, 5) is 16.0. The molecule has 4 rings (SSSR count). The van der Waals surface area contributed by atoms with Crippen molar-refractivity contribution in [3.8, 4) is 0 Å². The first-order chi connectivity index (χ1) is 17.0. The molecule has 10 heteroatoms. The number of anilines is 2. The number of hydrogen-bond donors (Lipinski definition) is 4. The molecule has 0 saturated carbocycles. The summed E-state index contributed by atoms with van der Waals surface area (Å²) in [6, 6.07) is 2.35. The van der Waals surface area contributed by atoms with Crippen molar-refractivity contribution in [1.82, 2.24) is 29.6 Å². The average molecular weight is 483 g/mol. The van der Waals surface area contributed by atoms with Crippen LogP contribution in [-0.4, -0.2) is 78.7 Å². The minimum atomic E-state index is 0.0915. The highest BCUT2D eigenvalue weighted by molar-refractivity contribution is 5.86. The Balaban J connectivity index is 1.54. The highest BCUT2D eigenvalue weighted by Gasteiger charge is 2.22. The van der Waals surface area contributed by atoms with Crippen molar-refractivity contribution in [3.05, 3.63) is 35.3 Å². The molecule has 1 atom stereocenters. The molecule has 0 bridgehead atoms. The smallest absolute Gasteiger partial charge is 0.222 e. The lowest BCUT2D eigenvalue weighted by molar-refractivity contribution is 0.164. The molecule has 0 amide bonds. The molecule has 1 aliphatic rings. The van der Waals surface area contributed by atoms with Crippen LogP contribution in [0.15, 0.2) is 18.5 Å². The first kappa shape index (κ1) is 25.3. The summed E-state index contributed by atoms with van der Waals surface area (Å²) in [6.07, 6.45) is 8.44. The summed E-state index contributed by atoms with van der Waals surface area (Å²) in [5.41, 5.74) is 10.8. The second kappa shape index (κ2) is 11.7. The zero-order valence-electron chi connectivity index (χ0n) is 20.8. The van der Waals surface area contributed by atoms with Crippen molar-refractivity contribution >= 4 is 22.8 Å². The number of aryl methyl sites for hydroxylation is 1. The van der Waals surface area contributed by atoms with Gasteiger partial charge in [-0.05, 0) is 62.7 Å². The summed E-state index contributed by atoms with van der Waals surface area (Å²) >= 11 is 0. The molecule has 1 unspecified atom stereocenters. The predicted octanol–water partition coefficient (Wildman–Crippen LogP) is 2.29. The van der Waals surface area contributed by atoms with Crippen LogP contribution in [0, 0.1) is 6.92 Å². The van der Waals surface area contributed by atoms with Gasteiger partial charge in [0.1, 0.15) is 11.0 Å². The number of rotatable bonds is 11. The summed E-state index contributed by atoms with van der Waals surface area (Å²) in [5, 5.41) is 26.7. The van der Waals surface area contributed by atoms with Crippen LogP contribution in [0.2, 0.25) is 0 Å². The van der Waals surface area contributed by atoms with Crippen LogP contribution in [0.1, 0.15) is 61.8 Å². The van der Waals surface area contributed by atoms with E-state index in [4.69, 9.17) is 10.7 Å². The van der Waals surface area contributed by atoms with Crippen molar-refractivity contribution in [1.29, 1.82) is 0 Å². The maximum Gasteiger partial charge on any atom is 0.222 e. The van der Waals surface area contributed by atoms with Crippen molar-refractivity contribution in [3.63, 3.8) is 0 Å². The fraction of sp³-hybridized carbons (Fsp3) is 0.600. The third kappa shape index (κ3) is 6.06. The Morgan fingerprint density at radius 3 is 2.63 bits per heavy atom. The molecule has 1 aliphatic heterocycles. The standard InChI is InChI=1S/C25H38N8O2/c1-3-4-20(7-11-34)29-24-23-21(30-25(26)31-24)15-28-33(23)16-22-17(2)13-19(14-27-22)18-5-8-32(9-6-18)10-12-35/h13-15,18,20,34-35H,3-12,16H2,1-2H3,(H3,26,29,30,31). The molecular weight excluding hydrogens is 444 g/mol. The Kier molecular flexibility index (Phi) is 8.48. The van der Waals surface area contributed by atoms with E-state index in [2.05, 4.69) is 45.2 Å². The van der Waals surface area contributed by atoms with Gasteiger partial charge in [-0.2, -0.15) is 10.1 Å². The zero-order valence-corrected chi connectivity index (χ0v) is 20.8. The summed E-state index contributed by atoms with van der Waals surface area (Å²) in [5.74, 6) is 1.34. The third-order valence-corrected chi connectivity index (χ3v) is 6.94. The third-order valence-electron chi connectivity index (χ3n) is 6.94. The molecule has 3 aromatic heterocycles. The average Bonchev–Trinajstić information content (AvgIpc) is 3.24. The van der Waals surface area contributed by atoms with E-state index >= 15 is 0 Å². The van der Waals surface area contributed by atoms with Crippen LogP contribution in [0.25, 0.3) is 11.0 Å². The summed E-state index contributed by atoms with van der Waals surface area (Å²) < 4.78 is 1.88. The number of likely N-dealkylation sites (tertiary alicyclic amines) is 1. The van der Waals surface area contributed by atoms with Crippen LogP contribution < -0.4 is 11.1 Å². The van der Waals surface area contributed by atoms with E-state index < -0.39 is 0 Å². The number of nitrogens with zero attached hydrogens (tertiary/aromatic N) is 6. The Hall–Kier alpha value is -2.82. The Bertz CT molecular complexity index is 1100. The SMILES string of the molecule is CCCC(CCO)Nc1nc(N)nc2cnn(Cc3ncc(C4CCN(CCO)CC4)cc3C)c12. The molecule has 1 saturated heterocycles. The Morgan fingerprint density at radius 2 is 1.94 bits per heavy atom. The highest BCUT2D eigenvalue weighted by Crippen LogP contribution is 2.29. The molecule has 5 N–H and O–H groups in total. The van der Waals surface area contributed by atoms with Gasteiger partial charge in [-0.3, -0.25) is 9.67 Å². The van der Waals surface area contributed by atoms with Gasteiger partial charge in [-0.25, -0.2) is 4.98 Å². The first-order valence-electron chi connectivity index (χ1n) is 12.7. The van der Waals surface area contributed by atoms with Gasteiger partial charge >= 0.3 is 0 Å². The zero-order chi connectivity index (χ0) is 24.8. The van der Waals surface area contributed by atoms with Gasteiger partial charge in [0.05, 0.1) is 25.0 Å². The van der Waals surface area contributed by atoms with E-state index in [0.717, 1.165) is 62.1 Å². The number of aliphatic hydroxyl groups excluding tert-OH is 2. The van der Waals surface area contributed by atoms with E-state index in [0.29, 0.717) is 30.2 Å². The molecular formula is C25H38N8O2. The maximum atomic E-state index is 9.47. The number of pyridine rings is 1. The van der Waals surface area contributed by atoms with Crippen LogP contribution in [-0.2, 0) is 6.54 Å². The first-order valence-corrected chi connectivity index (χ1v) is 12.7. The molecule has 3 aromatic rings. The number of aromatic nitrogens is 5. The monoisotopic (exact) mass is 482 g/mol. The minimum Gasteiger partial charge on any atom is -0.396 e. The van der Waals surface area contributed by atoms with Crippen LogP contribution in [0.4, 0.5) is 11.8 Å². The van der Waals surface area contributed by atoms with Crippen molar-refractivity contribution in [2.45, 2.75) is 64.5 Å². The van der Waals surface area contributed by atoms with Gasteiger partial charge in [0, 0.05) is 25.4 Å². The molecule has 10 nitrogen and oxygen atoms in total. The Morgan fingerprint density at radius 1 is 1.14 bits per heavy atom. The van der Waals surface area contributed by atoms with Crippen molar-refractivity contribution < 1.29 is 10.2 Å². The van der Waals surface area contributed by atoms with E-state index in [1.54, 1.807) is 6.20 Å². The number of fused-ring (bicyclic) bond motifs is 1. The van der Waals surface area contributed by atoms with Crippen LogP contribution in [0.3, 0.4) is 0 Å². The minimum absolute atomic E-state index is 0.0915. The molecule has 0 aromatic carbocycles. The molecule has 0 radical (unpaired) electrons. The second-order valence-electron chi connectivity index (χ2n) is 9.48. The molecule has 0 aliphatic carbocycles. The quantitative estimate of drug-likeness (QED) is 0.324. The van der Waals surface area contributed by atoms with Crippen LogP contribution >= 0.6 is 0 Å². The second-order valence-corrected chi connectivity index (χ2v) is 9.48. The molecule has 1 fully saturated rings. The van der Waals surface area contributed by atoms with Gasteiger partial charge in [0.15, 0.2) is 5.82 Å². The number of piperidine rings is 1. The van der Waals surface area contributed by atoms with E-state index in [-0.39, 0.29) is 25.2 Å². The van der Waals surface area contributed by atoms with Gasteiger partial charge in [-0.1, -0.05) is 19.4 Å². The highest BCUT2D eigenvalue weighted by atomic mass is 16.3. The van der Waals surface area contributed by atoms with Gasteiger partial charge < -0.3 is 26.2 Å². The topological polar surface area (TPSA) is 138 Å². The number of aliphatic hydroxyl groups is 2. The molecule has 190 valence electrons. The van der Waals surface area contributed by atoms with Gasteiger partial charge in [0.25, 0.3) is 0 Å². The number of β-amino-alcohol motifs (C(OH)–C–C–N with tert-alkyl or cyclic N) is 1. The normalized spacial score (nSPS) is 16.1. The lowest BCUT2D eigenvalue weighted by atomic mass is 9.89. The molecule has 35 heavy (non-hydrogen) atoms. The number of hydrogen-bond acceptors (Lipinski definition) is 9. The van der Waals surface area contributed by atoms with E-state index in [1.165, 1.54) is 5.56 Å². The van der Waals surface area contributed by atoms with Crippen molar-refractivity contribution in [2.75, 3.05) is 43.9 Å². The summed E-state index contributed by atoms with van der Waals surface area (Å²) in [6.45, 7) is 7.84. The number of nitrogen functional groups attached to an aromatic ring is 1. The van der Waals surface area contributed by atoms with E-state index in [1.807, 2.05) is 10.9 Å². The largest absolute Gasteiger partial charge is 0.396 e. The van der Waals surface area contributed by atoms with E-state index in [9.17, 15) is 10.2 Å². The van der Waals surface area contributed by atoms with Gasteiger partial charge in [-0.15, -0.1) is 0 Å². The lowest BCUT2D eigenvalue weighted by Gasteiger charge is -2.31. The fourth-order valence-corrected chi connectivity index (χ4v) is 5.01. The summed E-state index contributed by atoms with van der Waals surface area (Å²) in [7, 11) is 0. The number of nitrogens with two attached hydrogens (primary N) is 1. The van der Waals surface area contributed by atoms with Crippen LogP contribution in [0.5, 0.6) is 0 Å².